The molecule has 0 amide bonds. The zero-order chi connectivity index (χ0) is 21.5. The van der Waals surface area contributed by atoms with Gasteiger partial charge in [0.1, 0.15) is 6.61 Å². The van der Waals surface area contributed by atoms with E-state index in [0.29, 0.717) is 30.3 Å². The van der Waals surface area contributed by atoms with Gasteiger partial charge in [0.15, 0.2) is 11.5 Å². The quantitative estimate of drug-likeness (QED) is 0.355. The Morgan fingerprint density at radius 1 is 1.00 bits per heavy atom. The summed E-state index contributed by atoms with van der Waals surface area (Å²) in [5.41, 5.74) is 5.17. The van der Waals surface area contributed by atoms with E-state index in [-0.39, 0.29) is 0 Å². The van der Waals surface area contributed by atoms with Gasteiger partial charge in [0.05, 0.1) is 7.11 Å². The summed E-state index contributed by atoms with van der Waals surface area (Å²) in [6, 6.07) is 17.7. The minimum Gasteiger partial charge on any atom is -0.493 e. The number of ether oxygens (including phenoxy) is 2. The van der Waals surface area contributed by atoms with Gasteiger partial charge in [-0.25, -0.2) is 0 Å². The predicted octanol–water partition coefficient (Wildman–Crippen LogP) is 7.23. The van der Waals surface area contributed by atoms with Crippen LogP contribution in [0.15, 0.2) is 67.3 Å². The SMILES string of the molecule is C=CCc1cc(CNc2ccc(C)c(Cl)c2)cc(OC)c1OCc1ccc(Cl)cc1. The Bertz CT molecular complexity index is 1020. The lowest BCUT2D eigenvalue weighted by molar-refractivity contribution is 0.281. The number of allylic oxidation sites excluding steroid dienone is 1. The summed E-state index contributed by atoms with van der Waals surface area (Å²) >= 11 is 12.2. The first-order valence-electron chi connectivity index (χ1n) is 9.68. The molecule has 3 rings (SSSR count). The molecule has 3 nitrogen and oxygen atoms in total. The maximum absolute atomic E-state index is 6.23. The Labute approximate surface area is 188 Å². The Kier molecular flexibility index (Phi) is 7.67. The van der Waals surface area contributed by atoms with Crippen LogP contribution < -0.4 is 14.8 Å². The highest BCUT2D eigenvalue weighted by molar-refractivity contribution is 6.31. The highest BCUT2D eigenvalue weighted by atomic mass is 35.5. The van der Waals surface area contributed by atoms with Gasteiger partial charge in [0.2, 0.25) is 0 Å². The summed E-state index contributed by atoms with van der Waals surface area (Å²) in [6.45, 7) is 6.93. The van der Waals surface area contributed by atoms with Gasteiger partial charge in [-0.1, -0.05) is 47.5 Å². The van der Waals surface area contributed by atoms with E-state index in [2.05, 4.69) is 18.0 Å². The molecule has 0 saturated carbocycles. The van der Waals surface area contributed by atoms with Crippen molar-refractivity contribution in [3.05, 3.63) is 99.6 Å². The van der Waals surface area contributed by atoms with Gasteiger partial charge in [-0.3, -0.25) is 0 Å². The number of methoxy groups -OCH3 is 1. The normalized spacial score (nSPS) is 10.5. The second-order valence-corrected chi connectivity index (χ2v) is 7.86. The monoisotopic (exact) mass is 441 g/mol. The summed E-state index contributed by atoms with van der Waals surface area (Å²) in [5.74, 6) is 1.43. The van der Waals surface area contributed by atoms with E-state index in [1.807, 2.05) is 61.5 Å². The van der Waals surface area contributed by atoms with Crippen LogP contribution in [0.25, 0.3) is 0 Å². The molecule has 0 heterocycles. The first-order chi connectivity index (χ1) is 14.5. The molecule has 30 heavy (non-hydrogen) atoms. The molecule has 0 aliphatic carbocycles. The van der Waals surface area contributed by atoms with Crippen LogP contribution in [-0.2, 0) is 19.6 Å². The summed E-state index contributed by atoms with van der Waals surface area (Å²) < 4.78 is 11.8. The van der Waals surface area contributed by atoms with Gasteiger partial charge in [-0.2, -0.15) is 0 Å². The zero-order valence-electron chi connectivity index (χ0n) is 17.2. The number of anilines is 1. The van der Waals surface area contributed by atoms with Crippen LogP contribution in [0.1, 0.15) is 22.3 Å². The van der Waals surface area contributed by atoms with Gasteiger partial charge in [0, 0.05) is 27.8 Å². The van der Waals surface area contributed by atoms with Gasteiger partial charge < -0.3 is 14.8 Å². The fourth-order valence-corrected chi connectivity index (χ4v) is 3.40. The van der Waals surface area contributed by atoms with Crippen molar-refractivity contribution in [1.82, 2.24) is 0 Å². The number of rotatable bonds is 9. The van der Waals surface area contributed by atoms with Crippen LogP contribution >= 0.6 is 23.2 Å². The maximum Gasteiger partial charge on any atom is 0.165 e. The van der Waals surface area contributed by atoms with E-state index in [1.54, 1.807) is 7.11 Å². The van der Waals surface area contributed by atoms with Crippen molar-refractivity contribution in [3.8, 4) is 11.5 Å². The topological polar surface area (TPSA) is 30.5 Å². The smallest absolute Gasteiger partial charge is 0.165 e. The highest BCUT2D eigenvalue weighted by Crippen LogP contribution is 2.34. The van der Waals surface area contributed by atoms with Crippen molar-refractivity contribution < 1.29 is 9.47 Å². The molecule has 0 aromatic heterocycles. The maximum atomic E-state index is 6.23. The van der Waals surface area contributed by atoms with Crippen molar-refractivity contribution in [2.24, 2.45) is 0 Å². The van der Waals surface area contributed by atoms with Gasteiger partial charge >= 0.3 is 0 Å². The van der Waals surface area contributed by atoms with Crippen molar-refractivity contribution in [3.63, 3.8) is 0 Å². The van der Waals surface area contributed by atoms with Gasteiger partial charge in [-0.15, -0.1) is 6.58 Å². The molecule has 0 radical (unpaired) electrons. The van der Waals surface area contributed by atoms with E-state index in [9.17, 15) is 0 Å². The third kappa shape index (κ3) is 5.71. The molecule has 0 spiro atoms. The number of hydrogen-bond donors (Lipinski definition) is 1. The summed E-state index contributed by atoms with van der Waals surface area (Å²) in [4.78, 5) is 0. The van der Waals surface area contributed by atoms with Gasteiger partial charge in [0.25, 0.3) is 0 Å². The lowest BCUT2D eigenvalue weighted by Gasteiger charge is -2.17. The molecule has 0 fully saturated rings. The lowest BCUT2D eigenvalue weighted by atomic mass is 10.0. The third-order valence-corrected chi connectivity index (χ3v) is 5.40. The average molecular weight is 442 g/mol. The van der Waals surface area contributed by atoms with Crippen LogP contribution in [-0.4, -0.2) is 7.11 Å². The Morgan fingerprint density at radius 2 is 1.77 bits per heavy atom. The van der Waals surface area contributed by atoms with Gasteiger partial charge in [-0.05, 0) is 66.4 Å². The molecule has 0 unspecified atom stereocenters. The Morgan fingerprint density at radius 3 is 2.43 bits per heavy atom. The van der Waals surface area contributed by atoms with Crippen molar-refractivity contribution in [2.45, 2.75) is 26.5 Å². The number of halogens is 2. The minimum absolute atomic E-state index is 0.428. The molecule has 0 aliphatic rings. The predicted molar refractivity (Wildman–Crippen MR) is 126 cm³/mol. The third-order valence-electron chi connectivity index (χ3n) is 4.74. The summed E-state index contributed by atoms with van der Waals surface area (Å²) in [6.07, 6.45) is 2.54. The Hall–Kier alpha value is -2.62. The first-order valence-corrected chi connectivity index (χ1v) is 10.4. The van der Waals surface area contributed by atoms with Crippen LogP contribution in [0.3, 0.4) is 0 Å². The molecule has 0 saturated heterocycles. The minimum atomic E-state index is 0.428. The molecular weight excluding hydrogens is 417 g/mol. The van der Waals surface area contributed by atoms with Crippen molar-refractivity contribution in [2.75, 3.05) is 12.4 Å². The molecule has 1 N–H and O–H groups in total. The largest absolute Gasteiger partial charge is 0.493 e. The Balaban J connectivity index is 1.79. The first kappa shape index (κ1) is 22.1. The van der Waals surface area contributed by atoms with Crippen molar-refractivity contribution >= 4 is 28.9 Å². The number of hydrogen-bond acceptors (Lipinski definition) is 3. The second-order valence-electron chi connectivity index (χ2n) is 7.01. The van der Waals surface area contributed by atoms with Crippen LogP contribution in [0.2, 0.25) is 10.0 Å². The zero-order valence-corrected chi connectivity index (χ0v) is 18.7. The van der Waals surface area contributed by atoms with Crippen LogP contribution in [0.4, 0.5) is 5.69 Å². The molecule has 0 aliphatic heterocycles. The molecule has 5 heteroatoms. The fourth-order valence-electron chi connectivity index (χ4n) is 3.09. The molecule has 156 valence electrons. The number of benzene rings is 3. The molecule has 0 bridgehead atoms. The van der Waals surface area contributed by atoms with E-state index in [4.69, 9.17) is 32.7 Å². The van der Waals surface area contributed by atoms with E-state index >= 15 is 0 Å². The number of aryl methyl sites for hydroxylation is 1. The lowest BCUT2D eigenvalue weighted by Crippen LogP contribution is -2.05. The molecule has 3 aromatic carbocycles. The average Bonchev–Trinajstić information content (AvgIpc) is 2.74. The molecule has 0 atom stereocenters. The summed E-state index contributed by atoms with van der Waals surface area (Å²) in [5, 5.41) is 4.86. The molecular formula is C25H25Cl2NO2. The van der Waals surface area contributed by atoms with E-state index in [1.165, 1.54) is 0 Å². The molecule has 3 aromatic rings. The van der Waals surface area contributed by atoms with Crippen molar-refractivity contribution in [1.29, 1.82) is 0 Å². The van der Waals surface area contributed by atoms with E-state index in [0.717, 1.165) is 38.7 Å². The number of nitrogens with one attached hydrogen (secondary N) is 1. The summed E-state index contributed by atoms with van der Waals surface area (Å²) in [7, 11) is 1.65. The van der Waals surface area contributed by atoms with E-state index < -0.39 is 0 Å². The van der Waals surface area contributed by atoms with Crippen LogP contribution in [0.5, 0.6) is 11.5 Å². The standard InChI is InChI=1S/C25H25Cl2NO2/c1-4-5-20-12-19(15-28-22-11-6-17(2)23(27)14-22)13-24(29-3)25(20)30-16-18-7-9-21(26)10-8-18/h4,6-14,28H,1,5,15-16H2,2-3H3. The van der Waals surface area contributed by atoms with Crippen LogP contribution in [0, 0.1) is 6.92 Å². The fraction of sp³-hybridized carbons (Fsp3) is 0.200. The highest BCUT2D eigenvalue weighted by Gasteiger charge is 2.13. The second kappa shape index (κ2) is 10.4.